The molecule has 0 saturated heterocycles. The molecule has 5 aromatic rings. The van der Waals surface area contributed by atoms with Crippen LogP contribution in [-0.2, 0) is 5.75 Å². The zero-order chi connectivity index (χ0) is 20.8. The molecule has 150 valence electrons. The minimum atomic E-state index is -0.122. The lowest BCUT2D eigenvalue weighted by molar-refractivity contribution is 0.485. The molecule has 0 spiro atoms. The van der Waals surface area contributed by atoms with E-state index in [2.05, 4.69) is 20.4 Å². The molecule has 0 bridgehead atoms. The van der Waals surface area contributed by atoms with Gasteiger partial charge in [0.05, 0.1) is 22.3 Å². The molecule has 0 radical (unpaired) electrons. The van der Waals surface area contributed by atoms with Gasteiger partial charge >= 0.3 is 0 Å². The normalized spacial score (nSPS) is 11.6. The first-order chi connectivity index (χ1) is 14.5. The molecule has 0 amide bonds. The van der Waals surface area contributed by atoms with Crippen LogP contribution in [0.1, 0.15) is 22.9 Å². The van der Waals surface area contributed by atoms with Crippen molar-refractivity contribution in [3.8, 4) is 5.69 Å². The number of thioether (sulfide) groups is 1. The van der Waals surface area contributed by atoms with E-state index in [0.29, 0.717) is 33.9 Å². The van der Waals surface area contributed by atoms with Crippen molar-refractivity contribution in [3.05, 3.63) is 75.7 Å². The first-order valence-corrected chi connectivity index (χ1v) is 10.4. The Morgan fingerprint density at radius 1 is 1.00 bits per heavy atom. The molecule has 0 aliphatic heterocycles. The molecule has 30 heavy (non-hydrogen) atoms. The molecule has 3 heterocycles. The van der Waals surface area contributed by atoms with E-state index < -0.39 is 0 Å². The van der Waals surface area contributed by atoms with Crippen molar-refractivity contribution >= 4 is 28.4 Å². The third-order valence-corrected chi connectivity index (χ3v) is 5.81. The Hall–Kier alpha value is -3.46. The first-order valence-electron chi connectivity index (χ1n) is 9.41. The van der Waals surface area contributed by atoms with Crippen LogP contribution < -0.4 is 5.56 Å². The lowest BCUT2D eigenvalue weighted by Gasteiger charge is -2.13. The van der Waals surface area contributed by atoms with E-state index in [1.807, 2.05) is 60.7 Å². The molecule has 0 N–H and O–H groups in total. The number of para-hydroxylation sites is 1. The summed E-state index contributed by atoms with van der Waals surface area (Å²) in [6.45, 7) is 5.74. The largest absolute Gasteiger partial charge is 0.425 e. The lowest BCUT2D eigenvalue weighted by Crippen LogP contribution is -2.22. The van der Waals surface area contributed by atoms with E-state index in [9.17, 15) is 4.79 Å². The van der Waals surface area contributed by atoms with E-state index >= 15 is 0 Å². The van der Waals surface area contributed by atoms with E-state index in [1.54, 1.807) is 11.5 Å². The predicted octanol–water partition coefficient (Wildman–Crippen LogP) is 3.63. The van der Waals surface area contributed by atoms with Crippen LogP contribution >= 0.6 is 11.8 Å². The SMILES string of the molecule is Cc1ccc(C)c(-n2c(=O)c3ccccc3n3c(SCc4nnc(C)o4)nnc23)c1. The highest BCUT2D eigenvalue weighted by Gasteiger charge is 2.19. The van der Waals surface area contributed by atoms with Crippen LogP contribution in [0.5, 0.6) is 0 Å². The molecule has 5 rings (SSSR count). The highest BCUT2D eigenvalue weighted by molar-refractivity contribution is 7.98. The van der Waals surface area contributed by atoms with Crippen molar-refractivity contribution in [2.45, 2.75) is 31.7 Å². The molecule has 2 aromatic carbocycles. The van der Waals surface area contributed by atoms with E-state index in [0.717, 1.165) is 22.3 Å². The van der Waals surface area contributed by atoms with Crippen LogP contribution in [0.4, 0.5) is 0 Å². The monoisotopic (exact) mass is 418 g/mol. The number of aromatic nitrogens is 6. The summed E-state index contributed by atoms with van der Waals surface area (Å²) in [6, 6.07) is 13.5. The van der Waals surface area contributed by atoms with Crippen LogP contribution in [0.25, 0.3) is 22.4 Å². The van der Waals surface area contributed by atoms with Gasteiger partial charge in [0.2, 0.25) is 17.6 Å². The van der Waals surface area contributed by atoms with Gasteiger partial charge in [-0.3, -0.25) is 9.20 Å². The van der Waals surface area contributed by atoms with E-state index in [1.165, 1.54) is 11.8 Å². The molecular weight excluding hydrogens is 400 g/mol. The maximum Gasteiger partial charge on any atom is 0.267 e. The van der Waals surface area contributed by atoms with E-state index in [4.69, 9.17) is 4.42 Å². The maximum atomic E-state index is 13.4. The fourth-order valence-corrected chi connectivity index (χ4v) is 4.25. The quantitative estimate of drug-likeness (QED) is 0.412. The van der Waals surface area contributed by atoms with Crippen molar-refractivity contribution in [3.63, 3.8) is 0 Å². The average molecular weight is 418 g/mol. The summed E-state index contributed by atoms with van der Waals surface area (Å²) in [4.78, 5) is 13.4. The fraction of sp³-hybridized carbons (Fsp3) is 0.190. The summed E-state index contributed by atoms with van der Waals surface area (Å²) in [6.07, 6.45) is 0. The summed E-state index contributed by atoms with van der Waals surface area (Å²) >= 11 is 1.43. The minimum absolute atomic E-state index is 0.122. The standard InChI is InChI=1S/C21H18N6O2S/c1-12-8-9-13(2)17(10-12)26-19(28)15-6-4-5-7-16(15)27-20(26)24-25-21(27)30-11-18-23-22-14(3)29-18/h4-10H,11H2,1-3H3. The van der Waals surface area contributed by atoms with Gasteiger partial charge in [-0.05, 0) is 43.2 Å². The summed E-state index contributed by atoms with van der Waals surface area (Å²) in [5.74, 6) is 1.96. The summed E-state index contributed by atoms with van der Waals surface area (Å²) < 4.78 is 9.01. The van der Waals surface area contributed by atoms with Gasteiger partial charge in [0.25, 0.3) is 5.56 Å². The molecule has 0 atom stereocenters. The van der Waals surface area contributed by atoms with Crippen LogP contribution in [0.2, 0.25) is 0 Å². The second-order valence-corrected chi connectivity index (χ2v) is 8.01. The van der Waals surface area contributed by atoms with Crippen LogP contribution in [0.15, 0.2) is 56.8 Å². The Kier molecular flexibility index (Phi) is 4.39. The zero-order valence-electron chi connectivity index (χ0n) is 16.7. The fourth-order valence-electron chi connectivity index (χ4n) is 3.47. The second-order valence-electron chi connectivity index (χ2n) is 7.07. The highest BCUT2D eigenvalue weighted by atomic mass is 32.2. The number of aryl methyl sites for hydroxylation is 3. The zero-order valence-corrected chi connectivity index (χ0v) is 17.5. The number of fused-ring (bicyclic) bond motifs is 3. The first kappa shape index (κ1) is 18.6. The molecule has 3 aromatic heterocycles. The van der Waals surface area contributed by atoms with Crippen molar-refractivity contribution in [1.82, 2.24) is 29.4 Å². The number of rotatable bonds is 4. The third kappa shape index (κ3) is 2.98. The van der Waals surface area contributed by atoms with Crippen LogP contribution in [0, 0.1) is 20.8 Å². The molecular formula is C21H18N6O2S. The Labute approximate surface area is 175 Å². The summed E-state index contributed by atoms with van der Waals surface area (Å²) in [5.41, 5.74) is 3.48. The van der Waals surface area contributed by atoms with Gasteiger partial charge in [0.1, 0.15) is 0 Å². The topological polar surface area (TPSA) is 91.1 Å². The minimum Gasteiger partial charge on any atom is -0.425 e. The Balaban J connectivity index is 1.76. The number of benzene rings is 2. The average Bonchev–Trinajstić information content (AvgIpc) is 3.35. The molecule has 0 unspecified atom stereocenters. The van der Waals surface area contributed by atoms with Gasteiger partial charge in [-0.15, -0.1) is 20.4 Å². The van der Waals surface area contributed by atoms with Gasteiger partial charge in [-0.25, -0.2) is 4.57 Å². The maximum absolute atomic E-state index is 13.4. The molecule has 0 fully saturated rings. The Morgan fingerprint density at radius 2 is 1.83 bits per heavy atom. The Morgan fingerprint density at radius 3 is 2.63 bits per heavy atom. The molecule has 0 aliphatic rings. The van der Waals surface area contributed by atoms with Gasteiger partial charge in [-0.1, -0.05) is 36.0 Å². The third-order valence-electron chi connectivity index (χ3n) is 4.89. The second kappa shape index (κ2) is 7.10. The van der Waals surface area contributed by atoms with Crippen molar-refractivity contribution in [1.29, 1.82) is 0 Å². The van der Waals surface area contributed by atoms with Crippen LogP contribution in [0.3, 0.4) is 0 Å². The molecule has 0 saturated carbocycles. The van der Waals surface area contributed by atoms with Crippen molar-refractivity contribution in [2.75, 3.05) is 0 Å². The molecule has 8 nitrogen and oxygen atoms in total. The van der Waals surface area contributed by atoms with Gasteiger partial charge < -0.3 is 4.42 Å². The van der Waals surface area contributed by atoms with Gasteiger partial charge in [0, 0.05) is 6.92 Å². The summed E-state index contributed by atoms with van der Waals surface area (Å²) in [5, 5.41) is 17.9. The number of hydrogen-bond donors (Lipinski definition) is 0. The van der Waals surface area contributed by atoms with Gasteiger partial charge in [-0.2, -0.15) is 0 Å². The van der Waals surface area contributed by atoms with Crippen molar-refractivity contribution in [2.24, 2.45) is 0 Å². The number of hydrogen-bond acceptors (Lipinski definition) is 7. The van der Waals surface area contributed by atoms with Crippen LogP contribution in [-0.4, -0.2) is 29.4 Å². The van der Waals surface area contributed by atoms with Crippen molar-refractivity contribution < 1.29 is 4.42 Å². The molecule has 0 aliphatic carbocycles. The van der Waals surface area contributed by atoms with E-state index in [-0.39, 0.29) is 5.56 Å². The smallest absolute Gasteiger partial charge is 0.267 e. The molecule has 9 heteroatoms. The summed E-state index contributed by atoms with van der Waals surface area (Å²) in [7, 11) is 0. The van der Waals surface area contributed by atoms with Gasteiger partial charge in [0.15, 0.2) is 5.16 Å². The predicted molar refractivity (Wildman–Crippen MR) is 114 cm³/mol. The number of nitrogens with zero attached hydrogens (tertiary/aromatic N) is 6. The Bertz CT molecular complexity index is 1470. The highest BCUT2D eigenvalue weighted by Crippen LogP contribution is 2.26. The lowest BCUT2D eigenvalue weighted by atomic mass is 10.1.